The highest BCUT2D eigenvalue weighted by molar-refractivity contribution is 6.65. The Hall–Kier alpha value is 0.0569. The molecule has 0 aliphatic carbocycles. The van der Waals surface area contributed by atoms with E-state index in [2.05, 4.69) is 23.7 Å². The Balaban J connectivity index is 2.25. The van der Waals surface area contributed by atoms with E-state index in [-0.39, 0.29) is 0 Å². The Morgan fingerprint density at radius 3 is 2.53 bits per heavy atom. The summed E-state index contributed by atoms with van der Waals surface area (Å²) in [4.78, 5) is 2.34. The number of hydrogen-bond acceptors (Lipinski definition) is 4. The molecule has 1 aliphatic heterocycles. The van der Waals surface area contributed by atoms with E-state index in [1.165, 1.54) is 0 Å². The lowest BCUT2D eigenvalue weighted by atomic mass is 10.4. The van der Waals surface area contributed by atoms with Crippen LogP contribution in [0.5, 0.6) is 0 Å². The van der Waals surface area contributed by atoms with E-state index in [0.717, 1.165) is 45.4 Å². The molecule has 0 saturated carbocycles. The molecule has 15 heavy (non-hydrogen) atoms. The summed E-state index contributed by atoms with van der Waals surface area (Å²) < 4.78 is 11.5. The number of piperazine rings is 1. The first-order valence-corrected chi connectivity index (χ1v) is 8.35. The van der Waals surface area contributed by atoms with Gasteiger partial charge in [0.25, 0.3) is 0 Å². The van der Waals surface area contributed by atoms with Gasteiger partial charge in [0.15, 0.2) is 0 Å². The van der Waals surface area contributed by atoms with Crippen LogP contribution < -0.4 is 5.32 Å². The van der Waals surface area contributed by atoms with Gasteiger partial charge in [-0.1, -0.05) is 13.3 Å². The number of hydrogen-bond donors (Lipinski definition) is 1. The fourth-order valence-electron chi connectivity index (χ4n) is 1.76. The molecule has 90 valence electrons. The summed E-state index contributed by atoms with van der Waals surface area (Å²) in [5.74, 6) is 0. The Morgan fingerprint density at radius 2 is 2.00 bits per heavy atom. The zero-order valence-electron chi connectivity index (χ0n) is 10.2. The highest BCUT2D eigenvalue weighted by Crippen LogP contribution is 2.14. The minimum Gasteiger partial charge on any atom is -0.398 e. The molecule has 0 amide bonds. The van der Waals surface area contributed by atoms with Crippen molar-refractivity contribution in [1.82, 2.24) is 10.2 Å². The SMILES string of the molecule is CCC[Si](C)(OC)OCN1CCNCC1. The van der Waals surface area contributed by atoms with E-state index in [0.29, 0.717) is 0 Å². The first-order chi connectivity index (χ1) is 7.20. The molecule has 1 unspecified atom stereocenters. The molecule has 0 aromatic heterocycles. The molecule has 1 rings (SSSR count). The Morgan fingerprint density at radius 1 is 1.33 bits per heavy atom. The van der Waals surface area contributed by atoms with Crippen LogP contribution in [-0.4, -0.2) is 53.5 Å². The lowest BCUT2D eigenvalue weighted by molar-refractivity contribution is 0.0795. The summed E-state index contributed by atoms with van der Waals surface area (Å²) in [6.45, 7) is 9.38. The standard InChI is InChI=1S/C10H24N2O2Si/c1-4-9-15(3,13-2)14-10-12-7-5-11-6-8-12/h11H,4-10H2,1-3H3. The van der Waals surface area contributed by atoms with Crippen molar-refractivity contribution in [2.75, 3.05) is 40.0 Å². The summed E-state index contributed by atoms with van der Waals surface area (Å²) in [5, 5.41) is 3.33. The average Bonchev–Trinajstić information content (AvgIpc) is 2.28. The molecule has 0 aromatic carbocycles. The van der Waals surface area contributed by atoms with Crippen molar-refractivity contribution in [1.29, 1.82) is 0 Å². The summed E-state index contributed by atoms with van der Waals surface area (Å²) in [7, 11) is -0.0920. The highest BCUT2D eigenvalue weighted by atomic mass is 28.4. The van der Waals surface area contributed by atoms with Crippen molar-refractivity contribution in [3.63, 3.8) is 0 Å². The molecule has 1 saturated heterocycles. The molecule has 1 heterocycles. The van der Waals surface area contributed by atoms with E-state index in [9.17, 15) is 0 Å². The van der Waals surface area contributed by atoms with Crippen molar-refractivity contribution in [3.8, 4) is 0 Å². The van der Waals surface area contributed by atoms with Gasteiger partial charge in [0.2, 0.25) is 0 Å². The predicted octanol–water partition coefficient (Wildman–Crippen LogP) is 0.994. The van der Waals surface area contributed by atoms with Crippen LogP contribution in [0.1, 0.15) is 13.3 Å². The zero-order chi connectivity index (χ0) is 11.1. The smallest absolute Gasteiger partial charge is 0.335 e. The molecular formula is C10H24N2O2Si. The fourth-order valence-corrected chi connectivity index (χ4v) is 3.59. The fraction of sp³-hybridized carbons (Fsp3) is 1.00. The van der Waals surface area contributed by atoms with Gasteiger partial charge in [-0.15, -0.1) is 0 Å². The second-order valence-electron chi connectivity index (χ2n) is 4.23. The van der Waals surface area contributed by atoms with Crippen LogP contribution in [0.4, 0.5) is 0 Å². The average molecular weight is 232 g/mol. The molecule has 1 atom stereocenters. The summed E-state index contributed by atoms with van der Waals surface area (Å²) in [5.41, 5.74) is 0. The maximum absolute atomic E-state index is 5.97. The molecule has 1 fully saturated rings. The van der Waals surface area contributed by atoms with Gasteiger partial charge in [-0.2, -0.15) is 0 Å². The van der Waals surface area contributed by atoms with Crippen molar-refractivity contribution >= 4 is 8.56 Å². The van der Waals surface area contributed by atoms with Gasteiger partial charge in [0.1, 0.15) is 0 Å². The largest absolute Gasteiger partial charge is 0.398 e. The molecule has 5 heteroatoms. The number of rotatable bonds is 6. The number of nitrogens with zero attached hydrogens (tertiary/aromatic N) is 1. The summed E-state index contributed by atoms with van der Waals surface area (Å²) in [6.07, 6.45) is 1.14. The van der Waals surface area contributed by atoms with Gasteiger partial charge in [0, 0.05) is 33.3 Å². The molecular weight excluding hydrogens is 208 g/mol. The van der Waals surface area contributed by atoms with Gasteiger partial charge in [-0.05, 0) is 12.6 Å². The third-order valence-electron chi connectivity index (χ3n) is 2.90. The molecule has 4 nitrogen and oxygen atoms in total. The van der Waals surface area contributed by atoms with E-state index >= 15 is 0 Å². The molecule has 0 aromatic rings. The lowest BCUT2D eigenvalue weighted by Crippen LogP contribution is -2.48. The molecule has 0 radical (unpaired) electrons. The normalized spacial score (nSPS) is 22.6. The van der Waals surface area contributed by atoms with Crippen LogP contribution in [0.25, 0.3) is 0 Å². The topological polar surface area (TPSA) is 33.7 Å². The maximum Gasteiger partial charge on any atom is 0.335 e. The van der Waals surface area contributed by atoms with Gasteiger partial charge in [0.05, 0.1) is 6.73 Å². The van der Waals surface area contributed by atoms with Crippen LogP contribution in [0.15, 0.2) is 0 Å². The van der Waals surface area contributed by atoms with Gasteiger partial charge < -0.3 is 14.2 Å². The summed E-state index contributed by atoms with van der Waals surface area (Å²) in [6, 6.07) is 1.08. The van der Waals surface area contributed by atoms with Gasteiger partial charge in [-0.25, -0.2) is 0 Å². The van der Waals surface area contributed by atoms with E-state index in [1.807, 2.05) is 0 Å². The van der Waals surface area contributed by atoms with E-state index < -0.39 is 8.56 Å². The second kappa shape index (κ2) is 6.60. The van der Waals surface area contributed by atoms with Crippen LogP contribution in [-0.2, 0) is 8.85 Å². The predicted molar refractivity (Wildman–Crippen MR) is 64.1 cm³/mol. The third kappa shape index (κ3) is 4.61. The van der Waals surface area contributed by atoms with E-state index in [4.69, 9.17) is 8.85 Å². The second-order valence-corrected chi connectivity index (χ2v) is 7.69. The van der Waals surface area contributed by atoms with Crippen LogP contribution in [0.3, 0.4) is 0 Å². The van der Waals surface area contributed by atoms with Gasteiger partial charge in [-0.3, -0.25) is 4.90 Å². The van der Waals surface area contributed by atoms with Crippen molar-refractivity contribution in [2.24, 2.45) is 0 Å². The Labute approximate surface area is 94.2 Å². The summed E-state index contributed by atoms with van der Waals surface area (Å²) >= 11 is 0. The van der Waals surface area contributed by atoms with Crippen LogP contribution in [0.2, 0.25) is 12.6 Å². The number of nitrogens with one attached hydrogen (secondary N) is 1. The minimum absolute atomic E-state index is 0.734. The first-order valence-electron chi connectivity index (χ1n) is 5.82. The Kier molecular flexibility index (Phi) is 5.77. The molecule has 0 spiro atoms. The molecule has 1 aliphatic rings. The van der Waals surface area contributed by atoms with Gasteiger partial charge >= 0.3 is 8.56 Å². The Bertz CT molecular complexity index is 177. The maximum atomic E-state index is 5.97. The van der Waals surface area contributed by atoms with Crippen LogP contribution >= 0.6 is 0 Å². The van der Waals surface area contributed by atoms with E-state index in [1.54, 1.807) is 7.11 Å². The van der Waals surface area contributed by atoms with Crippen molar-refractivity contribution in [2.45, 2.75) is 25.9 Å². The molecule has 0 bridgehead atoms. The highest BCUT2D eigenvalue weighted by Gasteiger charge is 2.29. The van der Waals surface area contributed by atoms with Crippen molar-refractivity contribution in [3.05, 3.63) is 0 Å². The molecule has 1 N–H and O–H groups in total. The zero-order valence-corrected chi connectivity index (χ0v) is 11.2. The minimum atomic E-state index is -1.87. The van der Waals surface area contributed by atoms with Crippen LogP contribution in [0, 0.1) is 0 Å². The quantitative estimate of drug-likeness (QED) is 0.693. The van der Waals surface area contributed by atoms with Crippen molar-refractivity contribution < 1.29 is 8.85 Å². The first kappa shape index (κ1) is 13.1. The third-order valence-corrected chi connectivity index (χ3v) is 5.91. The lowest BCUT2D eigenvalue weighted by Gasteiger charge is -2.31. The monoisotopic (exact) mass is 232 g/mol.